The molecule has 0 aliphatic rings. The highest BCUT2D eigenvalue weighted by Gasteiger charge is 2.17. The van der Waals surface area contributed by atoms with Gasteiger partial charge >= 0.3 is 0 Å². The Kier molecular flexibility index (Phi) is 3.67. The van der Waals surface area contributed by atoms with Gasteiger partial charge in [0.1, 0.15) is 17.7 Å². The minimum atomic E-state index is -1.02. The number of nitrogens with zero attached hydrogens (tertiary/aromatic N) is 1. The van der Waals surface area contributed by atoms with Crippen LogP contribution in [0.3, 0.4) is 0 Å². The SMILES string of the molecule is Cc1cccnc1C(O)Cc1c(F)cccc1F. The van der Waals surface area contributed by atoms with Gasteiger partial charge in [0.25, 0.3) is 0 Å². The Morgan fingerprint density at radius 1 is 1.17 bits per heavy atom. The van der Waals surface area contributed by atoms with Gasteiger partial charge < -0.3 is 5.11 Å². The largest absolute Gasteiger partial charge is 0.386 e. The summed E-state index contributed by atoms with van der Waals surface area (Å²) in [5, 5.41) is 10.0. The molecule has 2 nitrogen and oxygen atoms in total. The van der Waals surface area contributed by atoms with E-state index in [2.05, 4.69) is 4.98 Å². The van der Waals surface area contributed by atoms with Crippen LogP contribution in [0.2, 0.25) is 0 Å². The minimum absolute atomic E-state index is 0.116. The molecule has 0 saturated heterocycles. The zero-order valence-corrected chi connectivity index (χ0v) is 9.90. The van der Waals surface area contributed by atoms with E-state index in [1.165, 1.54) is 18.2 Å². The van der Waals surface area contributed by atoms with Crippen LogP contribution in [0.1, 0.15) is 22.9 Å². The molecule has 0 bridgehead atoms. The number of benzene rings is 1. The molecule has 0 saturated carbocycles. The van der Waals surface area contributed by atoms with E-state index in [1.54, 1.807) is 25.3 Å². The van der Waals surface area contributed by atoms with E-state index in [0.717, 1.165) is 5.56 Å². The fraction of sp³-hybridized carbons (Fsp3) is 0.214. The molecule has 18 heavy (non-hydrogen) atoms. The molecule has 0 spiro atoms. The summed E-state index contributed by atoms with van der Waals surface area (Å²) in [6, 6.07) is 7.19. The molecule has 1 heterocycles. The van der Waals surface area contributed by atoms with Crippen molar-refractivity contribution >= 4 is 0 Å². The topological polar surface area (TPSA) is 33.1 Å². The molecule has 0 aliphatic carbocycles. The van der Waals surface area contributed by atoms with Gasteiger partial charge in [-0.15, -0.1) is 0 Å². The van der Waals surface area contributed by atoms with E-state index < -0.39 is 17.7 Å². The van der Waals surface area contributed by atoms with Gasteiger partial charge in [-0.25, -0.2) is 8.78 Å². The Hall–Kier alpha value is -1.81. The molecule has 1 unspecified atom stereocenters. The van der Waals surface area contributed by atoms with Crippen LogP contribution >= 0.6 is 0 Å². The first-order chi connectivity index (χ1) is 8.59. The summed E-state index contributed by atoms with van der Waals surface area (Å²) >= 11 is 0. The van der Waals surface area contributed by atoms with Crippen LogP contribution in [-0.4, -0.2) is 10.1 Å². The maximum Gasteiger partial charge on any atom is 0.129 e. The summed E-state index contributed by atoms with van der Waals surface area (Å²) in [5.41, 5.74) is 1.12. The van der Waals surface area contributed by atoms with Crippen molar-refractivity contribution in [2.45, 2.75) is 19.4 Å². The van der Waals surface area contributed by atoms with Crippen molar-refractivity contribution < 1.29 is 13.9 Å². The van der Waals surface area contributed by atoms with E-state index >= 15 is 0 Å². The molecule has 1 atom stereocenters. The number of hydrogen-bond acceptors (Lipinski definition) is 2. The standard InChI is InChI=1S/C14H13F2NO/c1-9-4-3-7-17-14(9)13(18)8-10-11(15)5-2-6-12(10)16/h2-7,13,18H,8H2,1H3. The summed E-state index contributed by atoms with van der Waals surface area (Å²) in [4.78, 5) is 4.04. The summed E-state index contributed by atoms with van der Waals surface area (Å²) in [7, 11) is 0. The average molecular weight is 249 g/mol. The van der Waals surface area contributed by atoms with Gasteiger partial charge in [0.05, 0.1) is 5.69 Å². The van der Waals surface area contributed by atoms with Crippen molar-refractivity contribution in [2.24, 2.45) is 0 Å². The number of halogens is 2. The molecule has 1 aromatic heterocycles. The highest BCUT2D eigenvalue weighted by molar-refractivity contribution is 5.25. The van der Waals surface area contributed by atoms with Gasteiger partial charge in [-0.3, -0.25) is 4.98 Å². The third-order valence-electron chi connectivity index (χ3n) is 2.82. The van der Waals surface area contributed by atoms with Crippen LogP contribution in [0.4, 0.5) is 8.78 Å². The van der Waals surface area contributed by atoms with E-state index in [4.69, 9.17) is 0 Å². The Morgan fingerprint density at radius 2 is 1.83 bits per heavy atom. The second kappa shape index (κ2) is 5.23. The number of hydrogen-bond donors (Lipinski definition) is 1. The van der Waals surface area contributed by atoms with Gasteiger partial charge in [0, 0.05) is 18.2 Å². The van der Waals surface area contributed by atoms with Crippen molar-refractivity contribution in [1.29, 1.82) is 0 Å². The lowest BCUT2D eigenvalue weighted by Gasteiger charge is -2.13. The van der Waals surface area contributed by atoms with Gasteiger partial charge in [0.2, 0.25) is 0 Å². The van der Waals surface area contributed by atoms with Crippen molar-refractivity contribution in [3.8, 4) is 0 Å². The van der Waals surface area contributed by atoms with Gasteiger partial charge in [-0.1, -0.05) is 12.1 Å². The number of aliphatic hydroxyl groups excluding tert-OH is 1. The van der Waals surface area contributed by atoms with Gasteiger partial charge in [0.15, 0.2) is 0 Å². The molecule has 0 amide bonds. The van der Waals surface area contributed by atoms with Crippen molar-refractivity contribution in [3.63, 3.8) is 0 Å². The normalized spacial score (nSPS) is 12.4. The molecule has 1 N–H and O–H groups in total. The number of pyridine rings is 1. The van der Waals surface area contributed by atoms with E-state index in [9.17, 15) is 13.9 Å². The fourth-order valence-corrected chi connectivity index (χ4v) is 1.86. The molecule has 4 heteroatoms. The van der Waals surface area contributed by atoms with Crippen LogP contribution in [0.15, 0.2) is 36.5 Å². The third-order valence-corrected chi connectivity index (χ3v) is 2.82. The first-order valence-corrected chi connectivity index (χ1v) is 5.62. The maximum atomic E-state index is 13.5. The smallest absolute Gasteiger partial charge is 0.129 e. The van der Waals surface area contributed by atoms with Crippen LogP contribution in [0.25, 0.3) is 0 Å². The van der Waals surface area contributed by atoms with E-state index in [1.807, 2.05) is 0 Å². The quantitative estimate of drug-likeness (QED) is 0.907. The summed E-state index contributed by atoms with van der Waals surface area (Å²) in [6.07, 6.45) is 0.400. The number of aliphatic hydroxyl groups is 1. The molecule has 1 aromatic carbocycles. The second-order valence-corrected chi connectivity index (χ2v) is 4.13. The van der Waals surface area contributed by atoms with E-state index in [0.29, 0.717) is 5.69 Å². The Balaban J connectivity index is 2.27. The summed E-state index contributed by atoms with van der Waals surface area (Å²) in [6.45, 7) is 1.79. The zero-order chi connectivity index (χ0) is 13.1. The molecular weight excluding hydrogens is 236 g/mol. The highest BCUT2D eigenvalue weighted by atomic mass is 19.1. The number of aromatic nitrogens is 1. The molecule has 0 fully saturated rings. The monoisotopic (exact) mass is 249 g/mol. The Bertz CT molecular complexity index is 537. The van der Waals surface area contributed by atoms with Crippen LogP contribution < -0.4 is 0 Å². The predicted molar refractivity (Wildman–Crippen MR) is 64.0 cm³/mol. The van der Waals surface area contributed by atoms with Crippen molar-refractivity contribution in [3.05, 3.63) is 65.0 Å². The Morgan fingerprint density at radius 3 is 2.44 bits per heavy atom. The van der Waals surface area contributed by atoms with Crippen molar-refractivity contribution in [2.75, 3.05) is 0 Å². The molecule has 94 valence electrons. The molecule has 2 rings (SSSR count). The van der Waals surface area contributed by atoms with Crippen LogP contribution in [-0.2, 0) is 6.42 Å². The Labute approximate surface area is 104 Å². The maximum absolute atomic E-state index is 13.5. The third kappa shape index (κ3) is 2.54. The first kappa shape index (κ1) is 12.6. The molecule has 0 aliphatic heterocycles. The fourth-order valence-electron chi connectivity index (χ4n) is 1.86. The average Bonchev–Trinajstić information content (AvgIpc) is 2.34. The molecular formula is C14H13F2NO. The zero-order valence-electron chi connectivity index (χ0n) is 9.90. The molecule has 0 radical (unpaired) electrons. The van der Waals surface area contributed by atoms with Gasteiger partial charge in [-0.05, 0) is 30.7 Å². The first-order valence-electron chi connectivity index (χ1n) is 5.62. The lowest BCUT2D eigenvalue weighted by molar-refractivity contribution is 0.170. The van der Waals surface area contributed by atoms with Gasteiger partial charge in [-0.2, -0.15) is 0 Å². The number of aryl methyl sites for hydroxylation is 1. The lowest BCUT2D eigenvalue weighted by Crippen LogP contribution is -2.08. The number of rotatable bonds is 3. The highest BCUT2D eigenvalue weighted by Crippen LogP contribution is 2.22. The van der Waals surface area contributed by atoms with Crippen LogP contribution in [0.5, 0.6) is 0 Å². The molecule has 2 aromatic rings. The lowest BCUT2D eigenvalue weighted by atomic mass is 10.0. The van der Waals surface area contributed by atoms with Crippen LogP contribution in [0, 0.1) is 18.6 Å². The second-order valence-electron chi connectivity index (χ2n) is 4.13. The summed E-state index contributed by atoms with van der Waals surface area (Å²) in [5.74, 6) is -1.30. The summed E-state index contributed by atoms with van der Waals surface area (Å²) < 4.78 is 26.9. The van der Waals surface area contributed by atoms with Crippen molar-refractivity contribution in [1.82, 2.24) is 4.98 Å². The van der Waals surface area contributed by atoms with E-state index in [-0.39, 0.29) is 12.0 Å². The predicted octanol–water partition coefficient (Wildman–Crippen LogP) is 2.94. The minimum Gasteiger partial charge on any atom is -0.386 e.